The van der Waals surface area contributed by atoms with Gasteiger partial charge in [-0.05, 0) is 48.7 Å². The van der Waals surface area contributed by atoms with Crippen molar-refractivity contribution in [3.63, 3.8) is 0 Å². The van der Waals surface area contributed by atoms with E-state index < -0.39 is 6.04 Å². The molecular formula is C23H28BrClN2O3. The first kappa shape index (κ1) is 24.2. The molecule has 0 bridgehead atoms. The van der Waals surface area contributed by atoms with E-state index in [4.69, 9.17) is 16.3 Å². The van der Waals surface area contributed by atoms with Crippen LogP contribution >= 0.6 is 27.5 Å². The van der Waals surface area contributed by atoms with Crippen molar-refractivity contribution in [2.45, 2.75) is 45.7 Å². The lowest BCUT2D eigenvalue weighted by Crippen LogP contribution is -2.50. The van der Waals surface area contributed by atoms with E-state index in [1.165, 1.54) is 0 Å². The molecule has 162 valence electrons. The lowest BCUT2D eigenvalue weighted by molar-refractivity contribution is -0.143. The van der Waals surface area contributed by atoms with Crippen LogP contribution in [-0.4, -0.2) is 35.9 Å². The molecule has 30 heavy (non-hydrogen) atoms. The van der Waals surface area contributed by atoms with Gasteiger partial charge in [-0.1, -0.05) is 66.0 Å². The highest BCUT2D eigenvalue weighted by Gasteiger charge is 2.29. The number of carbonyl (C=O) groups excluding carboxylic acids is 2. The molecule has 0 aromatic heterocycles. The molecule has 2 amide bonds. The van der Waals surface area contributed by atoms with Crippen molar-refractivity contribution in [2.24, 2.45) is 0 Å². The fourth-order valence-electron chi connectivity index (χ4n) is 2.99. The van der Waals surface area contributed by atoms with Crippen LogP contribution in [-0.2, 0) is 16.1 Å². The number of ether oxygens (including phenoxy) is 1. The van der Waals surface area contributed by atoms with Crippen LogP contribution in [0.4, 0.5) is 0 Å². The molecule has 0 saturated carbocycles. The number of benzene rings is 2. The number of hydrogen-bond acceptors (Lipinski definition) is 3. The summed E-state index contributed by atoms with van der Waals surface area (Å²) in [5, 5.41) is 3.50. The Labute approximate surface area is 191 Å². The maximum Gasteiger partial charge on any atom is 0.261 e. The molecule has 2 rings (SSSR count). The summed E-state index contributed by atoms with van der Waals surface area (Å²) in [5.41, 5.74) is 0.788. The van der Waals surface area contributed by atoms with Gasteiger partial charge in [0.2, 0.25) is 5.91 Å². The van der Waals surface area contributed by atoms with Crippen LogP contribution in [0.25, 0.3) is 0 Å². The number of amides is 2. The van der Waals surface area contributed by atoms with E-state index >= 15 is 0 Å². The predicted molar refractivity (Wildman–Crippen MR) is 124 cm³/mol. The second-order valence-electron chi connectivity index (χ2n) is 6.92. The minimum Gasteiger partial charge on any atom is -0.484 e. The second-order valence-corrected chi connectivity index (χ2v) is 8.25. The summed E-state index contributed by atoms with van der Waals surface area (Å²) >= 11 is 9.69. The van der Waals surface area contributed by atoms with Crippen LogP contribution in [0.5, 0.6) is 5.75 Å². The third-order valence-corrected chi connectivity index (χ3v) is 5.59. The van der Waals surface area contributed by atoms with E-state index in [2.05, 4.69) is 28.2 Å². The minimum atomic E-state index is -0.598. The highest BCUT2D eigenvalue weighted by atomic mass is 79.9. The molecule has 0 spiro atoms. The number of nitrogens with zero attached hydrogens (tertiary/aromatic N) is 1. The summed E-state index contributed by atoms with van der Waals surface area (Å²) in [7, 11) is 0. The van der Waals surface area contributed by atoms with Crippen molar-refractivity contribution in [3.05, 3.63) is 63.6 Å². The highest BCUT2D eigenvalue weighted by Crippen LogP contribution is 2.21. The molecule has 0 aliphatic carbocycles. The number of carbonyl (C=O) groups is 2. The Morgan fingerprint density at radius 2 is 1.83 bits per heavy atom. The standard InChI is InChI=1S/C23H28BrClN2O3/c1-3-5-14-26-23(29)21(4-2)27(15-17-8-6-7-9-20(17)25)22(28)16-30-19-12-10-18(24)11-13-19/h6-13,21H,3-5,14-16H2,1-2H3,(H,26,29)/t21-/m0/s1. The quantitative estimate of drug-likeness (QED) is 0.436. The molecule has 1 N–H and O–H groups in total. The molecule has 7 heteroatoms. The topological polar surface area (TPSA) is 58.6 Å². The van der Waals surface area contributed by atoms with Gasteiger partial charge in [0.15, 0.2) is 6.61 Å². The molecule has 0 radical (unpaired) electrons. The molecule has 0 aliphatic rings. The van der Waals surface area contributed by atoms with E-state index in [1.807, 2.05) is 37.3 Å². The average Bonchev–Trinajstić information content (AvgIpc) is 2.74. The number of rotatable bonds is 11. The highest BCUT2D eigenvalue weighted by molar-refractivity contribution is 9.10. The van der Waals surface area contributed by atoms with Gasteiger partial charge < -0.3 is 15.0 Å². The van der Waals surface area contributed by atoms with Gasteiger partial charge in [0.25, 0.3) is 5.91 Å². The van der Waals surface area contributed by atoms with Crippen molar-refractivity contribution < 1.29 is 14.3 Å². The zero-order chi connectivity index (χ0) is 21.9. The van der Waals surface area contributed by atoms with E-state index in [1.54, 1.807) is 23.1 Å². The van der Waals surface area contributed by atoms with Crippen molar-refractivity contribution in [3.8, 4) is 5.75 Å². The maximum absolute atomic E-state index is 13.1. The van der Waals surface area contributed by atoms with Crippen LogP contribution in [0.2, 0.25) is 5.02 Å². The van der Waals surface area contributed by atoms with Gasteiger partial charge in [-0.15, -0.1) is 0 Å². The zero-order valence-electron chi connectivity index (χ0n) is 17.4. The molecule has 0 saturated heterocycles. The largest absolute Gasteiger partial charge is 0.484 e. The first-order valence-electron chi connectivity index (χ1n) is 10.1. The normalized spacial score (nSPS) is 11.6. The van der Waals surface area contributed by atoms with Gasteiger partial charge in [0.1, 0.15) is 11.8 Å². The molecule has 0 heterocycles. The van der Waals surface area contributed by atoms with E-state index in [0.717, 1.165) is 22.9 Å². The molecular weight excluding hydrogens is 468 g/mol. The van der Waals surface area contributed by atoms with Crippen molar-refractivity contribution in [1.82, 2.24) is 10.2 Å². The third kappa shape index (κ3) is 7.33. The van der Waals surface area contributed by atoms with Crippen LogP contribution in [0.3, 0.4) is 0 Å². The van der Waals surface area contributed by atoms with Crippen LogP contribution in [0.1, 0.15) is 38.7 Å². The van der Waals surface area contributed by atoms with Crippen LogP contribution in [0, 0.1) is 0 Å². The summed E-state index contributed by atoms with van der Waals surface area (Å²) in [4.78, 5) is 27.5. The molecule has 1 atom stereocenters. The number of unbranched alkanes of at least 4 members (excludes halogenated alkanes) is 1. The fourth-order valence-corrected chi connectivity index (χ4v) is 3.45. The second kappa shape index (κ2) is 12.6. The van der Waals surface area contributed by atoms with Gasteiger partial charge in [-0.25, -0.2) is 0 Å². The smallest absolute Gasteiger partial charge is 0.261 e. The van der Waals surface area contributed by atoms with Crippen LogP contribution < -0.4 is 10.1 Å². The van der Waals surface area contributed by atoms with E-state index in [-0.39, 0.29) is 25.0 Å². The summed E-state index contributed by atoms with van der Waals surface area (Å²) in [6.07, 6.45) is 2.38. The number of nitrogens with one attached hydrogen (secondary N) is 1. The maximum atomic E-state index is 13.1. The molecule has 2 aromatic rings. The lowest BCUT2D eigenvalue weighted by atomic mass is 10.1. The van der Waals surface area contributed by atoms with Crippen LogP contribution in [0.15, 0.2) is 53.0 Å². The summed E-state index contributed by atoms with van der Waals surface area (Å²) < 4.78 is 6.60. The molecule has 2 aromatic carbocycles. The number of hydrogen-bond donors (Lipinski definition) is 1. The van der Waals surface area contributed by atoms with Crippen molar-refractivity contribution in [2.75, 3.05) is 13.2 Å². The third-order valence-electron chi connectivity index (χ3n) is 4.69. The minimum absolute atomic E-state index is 0.157. The first-order chi connectivity index (χ1) is 14.5. The molecule has 0 fully saturated rings. The van der Waals surface area contributed by atoms with Crippen molar-refractivity contribution in [1.29, 1.82) is 0 Å². The zero-order valence-corrected chi connectivity index (χ0v) is 19.7. The fraction of sp³-hybridized carbons (Fsp3) is 0.391. The van der Waals surface area contributed by atoms with E-state index in [0.29, 0.717) is 23.7 Å². The Balaban J connectivity index is 2.17. The number of halogens is 2. The lowest BCUT2D eigenvalue weighted by Gasteiger charge is -2.30. The Hall–Kier alpha value is -2.05. The Kier molecular flexibility index (Phi) is 10.2. The summed E-state index contributed by atoms with van der Waals surface area (Å²) in [6, 6.07) is 14.0. The Bertz CT molecular complexity index is 829. The summed E-state index contributed by atoms with van der Waals surface area (Å²) in [6.45, 7) is 4.63. The predicted octanol–water partition coefficient (Wildman–Crippen LogP) is 5.21. The van der Waals surface area contributed by atoms with Crippen molar-refractivity contribution >= 4 is 39.3 Å². The molecule has 5 nitrogen and oxygen atoms in total. The molecule has 0 aliphatic heterocycles. The Morgan fingerprint density at radius 1 is 1.13 bits per heavy atom. The first-order valence-corrected chi connectivity index (χ1v) is 11.3. The van der Waals surface area contributed by atoms with Gasteiger partial charge >= 0.3 is 0 Å². The van der Waals surface area contributed by atoms with E-state index in [9.17, 15) is 9.59 Å². The van der Waals surface area contributed by atoms with Gasteiger partial charge in [0.05, 0.1) is 0 Å². The van der Waals surface area contributed by atoms with Gasteiger partial charge in [-0.2, -0.15) is 0 Å². The Morgan fingerprint density at radius 3 is 2.47 bits per heavy atom. The summed E-state index contributed by atoms with van der Waals surface area (Å²) in [5.74, 6) is 0.162. The average molecular weight is 496 g/mol. The molecule has 0 unspecified atom stereocenters. The van der Waals surface area contributed by atoms with Gasteiger partial charge in [0, 0.05) is 22.6 Å². The van der Waals surface area contributed by atoms with Gasteiger partial charge in [-0.3, -0.25) is 9.59 Å². The SMILES string of the molecule is CCCCNC(=O)[C@H](CC)N(Cc1ccccc1Cl)C(=O)COc1ccc(Br)cc1. The monoisotopic (exact) mass is 494 g/mol.